The van der Waals surface area contributed by atoms with Crippen LogP contribution >= 0.6 is 0 Å². The van der Waals surface area contributed by atoms with Gasteiger partial charge in [0, 0.05) is 44.4 Å². The lowest BCUT2D eigenvalue weighted by Gasteiger charge is -2.20. The van der Waals surface area contributed by atoms with Gasteiger partial charge in [-0.1, -0.05) is 18.2 Å². The first kappa shape index (κ1) is 20.1. The standard InChI is InChI=1S/C20H23N3O4/c1-5-22(6-2)20(25)16-10-8-7-9-15(16)19(24)14-11-12-17(21(3)4)18(13-14)23(26)27/h7-13H,5-6H2,1-4H3. The van der Waals surface area contributed by atoms with E-state index in [2.05, 4.69) is 0 Å². The van der Waals surface area contributed by atoms with Crippen LogP contribution in [0.5, 0.6) is 0 Å². The molecule has 0 fully saturated rings. The van der Waals surface area contributed by atoms with Gasteiger partial charge in [0.05, 0.1) is 10.5 Å². The molecule has 0 spiro atoms. The average molecular weight is 369 g/mol. The van der Waals surface area contributed by atoms with Gasteiger partial charge in [-0.2, -0.15) is 0 Å². The number of benzene rings is 2. The maximum absolute atomic E-state index is 13.0. The smallest absolute Gasteiger partial charge is 0.293 e. The molecule has 142 valence electrons. The first-order valence-corrected chi connectivity index (χ1v) is 8.70. The highest BCUT2D eigenvalue weighted by Crippen LogP contribution is 2.29. The highest BCUT2D eigenvalue weighted by Gasteiger charge is 2.24. The van der Waals surface area contributed by atoms with Crippen molar-refractivity contribution in [3.63, 3.8) is 0 Å². The molecule has 0 heterocycles. The third kappa shape index (κ3) is 4.13. The van der Waals surface area contributed by atoms with Gasteiger partial charge in [0.15, 0.2) is 5.78 Å². The SMILES string of the molecule is CCN(CC)C(=O)c1ccccc1C(=O)c1ccc(N(C)C)c([N+](=O)[O-])c1. The van der Waals surface area contributed by atoms with Crippen LogP contribution in [0.25, 0.3) is 0 Å². The Morgan fingerprint density at radius 3 is 2.11 bits per heavy atom. The number of carbonyl (C=O) groups is 2. The molecular weight excluding hydrogens is 346 g/mol. The summed E-state index contributed by atoms with van der Waals surface area (Å²) in [5, 5.41) is 11.4. The van der Waals surface area contributed by atoms with Crippen LogP contribution in [0.4, 0.5) is 11.4 Å². The van der Waals surface area contributed by atoms with E-state index in [1.54, 1.807) is 60.3 Å². The summed E-state index contributed by atoms with van der Waals surface area (Å²) in [6, 6.07) is 10.9. The molecule has 0 aliphatic rings. The monoisotopic (exact) mass is 369 g/mol. The molecule has 2 aromatic rings. The zero-order valence-electron chi connectivity index (χ0n) is 15.9. The molecule has 0 saturated heterocycles. The number of ketones is 1. The Hall–Kier alpha value is -3.22. The molecule has 0 N–H and O–H groups in total. The molecule has 7 heteroatoms. The summed E-state index contributed by atoms with van der Waals surface area (Å²) in [6.07, 6.45) is 0. The van der Waals surface area contributed by atoms with Crippen LogP contribution in [0, 0.1) is 10.1 Å². The molecule has 7 nitrogen and oxygen atoms in total. The Balaban J connectivity index is 2.52. The Bertz CT molecular complexity index is 873. The van der Waals surface area contributed by atoms with Gasteiger partial charge in [0.2, 0.25) is 0 Å². The van der Waals surface area contributed by atoms with E-state index in [1.807, 2.05) is 13.8 Å². The third-order valence-electron chi connectivity index (χ3n) is 4.37. The van der Waals surface area contributed by atoms with Gasteiger partial charge in [0.1, 0.15) is 5.69 Å². The fourth-order valence-corrected chi connectivity index (χ4v) is 2.89. The number of nitro groups is 1. The number of nitro benzene ring substituents is 1. The van der Waals surface area contributed by atoms with Crippen molar-refractivity contribution in [2.24, 2.45) is 0 Å². The quantitative estimate of drug-likeness (QED) is 0.424. The Morgan fingerprint density at radius 2 is 1.59 bits per heavy atom. The summed E-state index contributed by atoms with van der Waals surface area (Å²) >= 11 is 0. The van der Waals surface area contributed by atoms with E-state index < -0.39 is 10.7 Å². The van der Waals surface area contributed by atoms with Gasteiger partial charge in [0.25, 0.3) is 11.6 Å². The van der Waals surface area contributed by atoms with E-state index in [1.165, 1.54) is 6.07 Å². The number of nitrogens with zero attached hydrogens (tertiary/aromatic N) is 3. The predicted molar refractivity (Wildman–Crippen MR) is 105 cm³/mol. The summed E-state index contributed by atoms with van der Waals surface area (Å²) < 4.78 is 0. The van der Waals surface area contributed by atoms with Crippen LogP contribution in [-0.2, 0) is 0 Å². The lowest BCUT2D eigenvalue weighted by atomic mass is 9.97. The highest BCUT2D eigenvalue weighted by atomic mass is 16.6. The molecule has 2 aromatic carbocycles. The maximum atomic E-state index is 13.0. The molecule has 0 aliphatic heterocycles. The van der Waals surface area contributed by atoms with Crippen LogP contribution in [0.15, 0.2) is 42.5 Å². The fraction of sp³-hybridized carbons (Fsp3) is 0.300. The topological polar surface area (TPSA) is 83.8 Å². The second-order valence-electron chi connectivity index (χ2n) is 6.21. The largest absolute Gasteiger partial charge is 0.372 e. The van der Waals surface area contributed by atoms with Crippen LogP contribution < -0.4 is 4.90 Å². The Labute approximate surface area is 158 Å². The minimum atomic E-state index is -0.515. The fourth-order valence-electron chi connectivity index (χ4n) is 2.89. The second kappa shape index (κ2) is 8.44. The number of hydrogen-bond donors (Lipinski definition) is 0. The van der Waals surface area contributed by atoms with Gasteiger partial charge in [-0.25, -0.2) is 0 Å². The number of carbonyl (C=O) groups excluding carboxylic acids is 2. The van der Waals surface area contributed by atoms with Crippen molar-refractivity contribution in [2.75, 3.05) is 32.1 Å². The first-order chi connectivity index (χ1) is 12.8. The molecule has 0 radical (unpaired) electrons. The maximum Gasteiger partial charge on any atom is 0.293 e. The predicted octanol–water partition coefficient (Wildman–Crippen LogP) is 3.37. The van der Waals surface area contributed by atoms with Crippen molar-refractivity contribution < 1.29 is 14.5 Å². The second-order valence-corrected chi connectivity index (χ2v) is 6.21. The summed E-state index contributed by atoms with van der Waals surface area (Å²) in [4.78, 5) is 39.9. The Kier molecular flexibility index (Phi) is 6.28. The van der Waals surface area contributed by atoms with Crippen molar-refractivity contribution in [3.05, 3.63) is 69.3 Å². The van der Waals surface area contributed by atoms with E-state index in [0.717, 1.165) is 0 Å². The van der Waals surface area contributed by atoms with Crippen molar-refractivity contribution in [3.8, 4) is 0 Å². The van der Waals surface area contributed by atoms with Crippen LogP contribution in [0.2, 0.25) is 0 Å². The lowest BCUT2D eigenvalue weighted by molar-refractivity contribution is -0.384. The zero-order valence-corrected chi connectivity index (χ0v) is 15.9. The number of rotatable bonds is 7. The van der Waals surface area contributed by atoms with Gasteiger partial charge in [-0.05, 0) is 32.0 Å². The van der Waals surface area contributed by atoms with Crippen LogP contribution in [-0.4, -0.2) is 48.7 Å². The molecule has 0 aromatic heterocycles. The first-order valence-electron chi connectivity index (χ1n) is 8.70. The van der Waals surface area contributed by atoms with E-state index >= 15 is 0 Å². The summed E-state index contributed by atoms with van der Waals surface area (Å²) in [7, 11) is 3.39. The number of anilines is 1. The van der Waals surface area contributed by atoms with Gasteiger partial charge < -0.3 is 9.80 Å². The molecule has 1 amide bonds. The summed E-state index contributed by atoms with van der Waals surface area (Å²) in [5.41, 5.74) is 0.960. The van der Waals surface area contributed by atoms with E-state index in [0.29, 0.717) is 24.3 Å². The van der Waals surface area contributed by atoms with E-state index in [-0.39, 0.29) is 22.7 Å². The highest BCUT2D eigenvalue weighted by molar-refractivity contribution is 6.15. The number of amides is 1. The van der Waals surface area contributed by atoms with Crippen molar-refractivity contribution in [2.45, 2.75) is 13.8 Å². The molecular formula is C20H23N3O4. The van der Waals surface area contributed by atoms with Gasteiger partial charge in [-0.15, -0.1) is 0 Å². The molecule has 0 saturated carbocycles. The normalized spacial score (nSPS) is 10.4. The van der Waals surface area contributed by atoms with Gasteiger partial charge in [-0.3, -0.25) is 19.7 Å². The van der Waals surface area contributed by atoms with Crippen LogP contribution in [0.3, 0.4) is 0 Å². The molecule has 0 atom stereocenters. The van der Waals surface area contributed by atoms with Crippen molar-refractivity contribution >= 4 is 23.1 Å². The average Bonchev–Trinajstić information content (AvgIpc) is 2.67. The summed E-state index contributed by atoms with van der Waals surface area (Å²) in [6.45, 7) is 4.80. The Morgan fingerprint density at radius 1 is 1.00 bits per heavy atom. The van der Waals surface area contributed by atoms with Crippen molar-refractivity contribution in [1.29, 1.82) is 0 Å². The molecule has 0 bridgehead atoms. The molecule has 27 heavy (non-hydrogen) atoms. The summed E-state index contributed by atoms with van der Waals surface area (Å²) in [5.74, 6) is -0.650. The molecule has 2 rings (SSSR count). The van der Waals surface area contributed by atoms with E-state index in [9.17, 15) is 19.7 Å². The minimum absolute atomic E-state index is 0.154. The van der Waals surface area contributed by atoms with Crippen molar-refractivity contribution in [1.82, 2.24) is 4.90 Å². The third-order valence-corrected chi connectivity index (χ3v) is 4.37. The minimum Gasteiger partial charge on any atom is -0.372 e. The number of hydrogen-bond acceptors (Lipinski definition) is 5. The lowest BCUT2D eigenvalue weighted by Crippen LogP contribution is -2.31. The zero-order chi connectivity index (χ0) is 20.1. The van der Waals surface area contributed by atoms with Crippen LogP contribution in [0.1, 0.15) is 40.1 Å². The van der Waals surface area contributed by atoms with Gasteiger partial charge >= 0.3 is 0 Å². The molecule has 0 unspecified atom stereocenters. The van der Waals surface area contributed by atoms with E-state index in [4.69, 9.17) is 0 Å². The molecule has 0 aliphatic carbocycles.